The fourth-order valence-electron chi connectivity index (χ4n) is 2.08. The van der Waals surface area contributed by atoms with Crippen LogP contribution in [0.4, 0.5) is 10.2 Å². The summed E-state index contributed by atoms with van der Waals surface area (Å²) in [7, 11) is 0. The molecule has 102 valence electrons. The van der Waals surface area contributed by atoms with Gasteiger partial charge in [0.05, 0.1) is 6.33 Å². The van der Waals surface area contributed by atoms with E-state index < -0.39 is 0 Å². The Morgan fingerprint density at radius 2 is 2.20 bits per heavy atom. The highest BCUT2D eigenvalue weighted by molar-refractivity contribution is 5.89. The van der Waals surface area contributed by atoms with Gasteiger partial charge in [0.1, 0.15) is 23.5 Å². The molecule has 2 aromatic heterocycles. The van der Waals surface area contributed by atoms with E-state index in [1.807, 2.05) is 16.8 Å². The smallest absolute Gasteiger partial charge is 0.149 e. The number of aromatic nitrogens is 4. The highest BCUT2D eigenvalue weighted by Gasteiger charge is 2.06. The van der Waals surface area contributed by atoms with E-state index in [0.717, 1.165) is 19.5 Å². The van der Waals surface area contributed by atoms with Gasteiger partial charge in [0.25, 0.3) is 0 Å². The van der Waals surface area contributed by atoms with Crippen LogP contribution in [0.1, 0.15) is 6.42 Å². The number of hydrogen-bond donors (Lipinski definition) is 1. The monoisotopic (exact) mass is 271 g/mol. The van der Waals surface area contributed by atoms with Crippen molar-refractivity contribution < 1.29 is 4.39 Å². The standard InChI is InChI=1S/C14H14FN5/c15-12-4-1-3-11-13(12)18-9-19-14(11)17-5-2-7-20-8-6-16-10-20/h1,3-4,6,8-10H,2,5,7H2,(H,17,18,19). The topological polar surface area (TPSA) is 55.6 Å². The molecule has 1 aromatic carbocycles. The summed E-state index contributed by atoms with van der Waals surface area (Å²) in [6, 6.07) is 4.88. The van der Waals surface area contributed by atoms with Crippen molar-refractivity contribution in [2.75, 3.05) is 11.9 Å². The lowest BCUT2D eigenvalue weighted by Gasteiger charge is -2.08. The van der Waals surface area contributed by atoms with Gasteiger partial charge in [0.2, 0.25) is 0 Å². The molecule has 6 heteroatoms. The molecule has 0 saturated heterocycles. The molecule has 1 N–H and O–H groups in total. The number of para-hydroxylation sites is 1. The van der Waals surface area contributed by atoms with E-state index in [4.69, 9.17) is 0 Å². The van der Waals surface area contributed by atoms with E-state index in [0.29, 0.717) is 16.7 Å². The minimum atomic E-state index is -0.327. The average molecular weight is 271 g/mol. The first-order chi connectivity index (χ1) is 9.84. The van der Waals surface area contributed by atoms with Crippen molar-refractivity contribution in [2.24, 2.45) is 0 Å². The average Bonchev–Trinajstić information content (AvgIpc) is 2.98. The van der Waals surface area contributed by atoms with Crippen LogP contribution in [0.5, 0.6) is 0 Å². The zero-order valence-corrected chi connectivity index (χ0v) is 10.8. The molecule has 0 amide bonds. The Labute approximate surface area is 115 Å². The van der Waals surface area contributed by atoms with Gasteiger partial charge < -0.3 is 9.88 Å². The molecular weight excluding hydrogens is 257 g/mol. The molecule has 5 nitrogen and oxygen atoms in total. The molecule has 0 aliphatic carbocycles. The number of imidazole rings is 1. The summed E-state index contributed by atoms with van der Waals surface area (Å²) in [6.45, 7) is 1.63. The number of rotatable bonds is 5. The van der Waals surface area contributed by atoms with Crippen molar-refractivity contribution in [3.8, 4) is 0 Å². The van der Waals surface area contributed by atoms with Gasteiger partial charge in [-0.1, -0.05) is 6.07 Å². The Balaban J connectivity index is 1.67. The predicted molar refractivity (Wildman–Crippen MR) is 74.8 cm³/mol. The number of hydrogen-bond acceptors (Lipinski definition) is 4. The van der Waals surface area contributed by atoms with Crippen molar-refractivity contribution in [1.29, 1.82) is 0 Å². The highest BCUT2D eigenvalue weighted by atomic mass is 19.1. The third kappa shape index (κ3) is 2.59. The van der Waals surface area contributed by atoms with Gasteiger partial charge in [0, 0.05) is 30.9 Å². The fourth-order valence-corrected chi connectivity index (χ4v) is 2.08. The molecule has 0 spiro atoms. The van der Waals surface area contributed by atoms with Crippen LogP contribution >= 0.6 is 0 Å². The van der Waals surface area contributed by atoms with Gasteiger partial charge in [-0.05, 0) is 18.6 Å². The van der Waals surface area contributed by atoms with Gasteiger partial charge >= 0.3 is 0 Å². The van der Waals surface area contributed by atoms with E-state index in [9.17, 15) is 4.39 Å². The Bertz CT molecular complexity index is 696. The van der Waals surface area contributed by atoms with Crippen molar-refractivity contribution in [2.45, 2.75) is 13.0 Å². The number of nitrogens with one attached hydrogen (secondary N) is 1. The van der Waals surface area contributed by atoms with Crippen molar-refractivity contribution in [3.05, 3.63) is 49.1 Å². The first-order valence-electron chi connectivity index (χ1n) is 6.43. The maximum absolute atomic E-state index is 13.6. The molecule has 20 heavy (non-hydrogen) atoms. The first kappa shape index (κ1) is 12.5. The maximum atomic E-state index is 13.6. The summed E-state index contributed by atoms with van der Waals surface area (Å²) in [5.41, 5.74) is 0.347. The summed E-state index contributed by atoms with van der Waals surface area (Å²) in [6.07, 6.45) is 7.78. The van der Waals surface area contributed by atoms with Crippen LogP contribution in [-0.4, -0.2) is 26.1 Å². The molecule has 3 aromatic rings. The third-order valence-corrected chi connectivity index (χ3v) is 3.06. The Morgan fingerprint density at radius 3 is 3.05 bits per heavy atom. The molecule has 0 atom stereocenters. The number of halogens is 1. The molecule has 0 unspecified atom stereocenters. The Kier molecular flexibility index (Phi) is 3.54. The fraction of sp³-hybridized carbons (Fsp3) is 0.214. The number of aryl methyl sites for hydroxylation is 1. The summed E-state index contributed by atoms with van der Waals surface area (Å²) >= 11 is 0. The van der Waals surface area contributed by atoms with E-state index in [1.54, 1.807) is 18.6 Å². The Hall–Kier alpha value is -2.50. The normalized spacial score (nSPS) is 10.8. The molecule has 0 saturated carbocycles. The van der Waals surface area contributed by atoms with Crippen LogP contribution in [-0.2, 0) is 6.54 Å². The zero-order valence-electron chi connectivity index (χ0n) is 10.8. The summed E-state index contributed by atoms with van der Waals surface area (Å²) in [5.74, 6) is 0.339. The van der Waals surface area contributed by atoms with Crippen molar-refractivity contribution in [3.63, 3.8) is 0 Å². The lowest BCUT2D eigenvalue weighted by atomic mass is 10.2. The van der Waals surface area contributed by atoms with Crippen LogP contribution in [0.15, 0.2) is 43.2 Å². The largest absolute Gasteiger partial charge is 0.369 e. The highest BCUT2D eigenvalue weighted by Crippen LogP contribution is 2.20. The summed E-state index contributed by atoms with van der Waals surface area (Å²) in [5, 5.41) is 3.93. The molecule has 0 bridgehead atoms. The number of fused-ring (bicyclic) bond motifs is 1. The molecule has 0 fully saturated rings. The molecule has 2 heterocycles. The van der Waals surface area contributed by atoms with Gasteiger partial charge in [-0.3, -0.25) is 0 Å². The summed E-state index contributed by atoms with van der Waals surface area (Å²) < 4.78 is 15.6. The van der Waals surface area contributed by atoms with E-state index in [1.165, 1.54) is 12.4 Å². The predicted octanol–water partition coefficient (Wildman–Crippen LogP) is 2.47. The maximum Gasteiger partial charge on any atom is 0.149 e. The van der Waals surface area contributed by atoms with E-state index in [2.05, 4.69) is 20.3 Å². The molecule has 0 radical (unpaired) electrons. The number of nitrogens with zero attached hydrogens (tertiary/aromatic N) is 4. The first-order valence-corrected chi connectivity index (χ1v) is 6.43. The SMILES string of the molecule is Fc1cccc2c(NCCCn3ccnc3)ncnc12. The van der Waals surface area contributed by atoms with E-state index in [-0.39, 0.29) is 5.82 Å². The molecule has 0 aliphatic heterocycles. The molecule has 0 aliphatic rings. The second-order valence-electron chi connectivity index (χ2n) is 4.44. The van der Waals surface area contributed by atoms with Gasteiger partial charge in [-0.2, -0.15) is 0 Å². The van der Waals surface area contributed by atoms with Crippen molar-refractivity contribution >= 4 is 16.7 Å². The molecule has 3 rings (SSSR count). The minimum absolute atomic E-state index is 0.327. The Morgan fingerprint density at radius 1 is 1.25 bits per heavy atom. The van der Waals surface area contributed by atoms with Gasteiger partial charge in [-0.15, -0.1) is 0 Å². The van der Waals surface area contributed by atoms with Crippen LogP contribution in [0.25, 0.3) is 10.9 Å². The van der Waals surface area contributed by atoms with Crippen molar-refractivity contribution in [1.82, 2.24) is 19.5 Å². The zero-order chi connectivity index (χ0) is 13.8. The second kappa shape index (κ2) is 5.64. The lowest BCUT2D eigenvalue weighted by molar-refractivity contribution is 0.636. The minimum Gasteiger partial charge on any atom is -0.369 e. The summed E-state index contributed by atoms with van der Waals surface area (Å²) in [4.78, 5) is 12.1. The third-order valence-electron chi connectivity index (χ3n) is 3.06. The number of benzene rings is 1. The van der Waals surface area contributed by atoms with Crippen LogP contribution in [0.3, 0.4) is 0 Å². The van der Waals surface area contributed by atoms with Crippen LogP contribution < -0.4 is 5.32 Å². The molecular formula is C14H14FN5. The van der Waals surface area contributed by atoms with Crippen LogP contribution in [0.2, 0.25) is 0 Å². The lowest BCUT2D eigenvalue weighted by Crippen LogP contribution is -2.07. The quantitative estimate of drug-likeness (QED) is 0.724. The van der Waals surface area contributed by atoms with Gasteiger partial charge in [0.15, 0.2) is 0 Å². The van der Waals surface area contributed by atoms with Crippen LogP contribution in [0, 0.1) is 5.82 Å². The van der Waals surface area contributed by atoms with E-state index >= 15 is 0 Å². The number of anilines is 1. The second-order valence-corrected chi connectivity index (χ2v) is 4.44. The van der Waals surface area contributed by atoms with Gasteiger partial charge in [-0.25, -0.2) is 19.3 Å².